The predicted octanol–water partition coefficient (Wildman–Crippen LogP) is 1.97. The van der Waals surface area contributed by atoms with Crippen LogP contribution in [0.2, 0.25) is 10.0 Å². The number of nitrogens with two attached hydrogens (primary N) is 1. The number of nitrogens with one attached hydrogen (secondary N) is 1. The van der Waals surface area contributed by atoms with Crippen molar-refractivity contribution < 1.29 is 13.2 Å². The van der Waals surface area contributed by atoms with Gasteiger partial charge >= 0.3 is 0 Å². The molecule has 0 bridgehead atoms. The molecule has 0 radical (unpaired) electrons. The summed E-state index contributed by atoms with van der Waals surface area (Å²) in [4.78, 5) is 15.6. The third kappa shape index (κ3) is 3.95. The van der Waals surface area contributed by atoms with Crippen molar-refractivity contribution in [3.63, 3.8) is 0 Å². The number of benzene rings is 1. The largest absolute Gasteiger partial charge is 0.348 e. The Morgan fingerprint density at radius 1 is 1.18 bits per heavy atom. The van der Waals surface area contributed by atoms with Crippen molar-refractivity contribution in [1.29, 1.82) is 0 Å². The van der Waals surface area contributed by atoms with Crippen molar-refractivity contribution in [3.8, 4) is 0 Å². The van der Waals surface area contributed by atoms with Gasteiger partial charge in [-0.2, -0.15) is 0 Å². The minimum absolute atomic E-state index is 0.0239. The number of halogens is 2. The molecule has 116 valence electrons. The lowest BCUT2D eigenvalue weighted by molar-refractivity contribution is 0.0951. The van der Waals surface area contributed by atoms with Gasteiger partial charge in [-0.25, -0.2) is 13.6 Å². The van der Waals surface area contributed by atoms with E-state index in [-0.39, 0.29) is 27.0 Å². The number of nitrogens with zero attached hydrogens (tertiary/aromatic N) is 1. The molecule has 0 fully saturated rings. The number of sulfonamides is 1. The second kappa shape index (κ2) is 6.62. The van der Waals surface area contributed by atoms with E-state index in [4.69, 9.17) is 28.3 Å². The van der Waals surface area contributed by atoms with Gasteiger partial charge in [0.05, 0.1) is 15.6 Å². The Labute approximate surface area is 137 Å². The number of hydrogen-bond donors (Lipinski definition) is 2. The van der Waals surface area contributed by atoms with Gasteiger partial charge in [0.1, 0.15) is 4.90 Å². The predicted molar refractivity (Wildman–Crippen MR) is 83.2 cm³/mol. The highest BCUT2D eigenvalue weighted by atomic mass is 35.5. The molecule has 9 heteroatoms. The lowest BCUT2D eigenvalue weighted by Gasteiger charge is -2.09. The number of pyridine rings is 1. The van der Waals surface area contributed by atoms with Gasteiger partial charge < -0.3 is 5.32 Å². The molecule has 0 atom stereocenters. The van der Waals surface area contributed by atoms with Gasteiger partial charge in [-0.1, -0.05) is 23.2 Å². The molecule has 1 aromatic carbocycles. The lowest BCUT2D eigenvalue weighted by atomic mass is 10.2. The summed E-state index contributed by atoms with van der Waals surface area (Å²) < 4.78 is 22.9. The van der Waals surface area contributed by atoms with Crippen LogP contribution in [-0.4, -0.2) is 19.3 Å². The molecular formula is C13H11Cl2N3O3S. The molecule has 0 saturated heterocycles. The Morgan fingerprint density at radius 2 is 1.82 bits per heavy atom. The van der Waals surface area contributed by atoms with E-state index < -0.39 is 15.9 Å². The third-order valence-corrected chi connectivity index (χ3v) is 4.46. The summed E-state index contributed by atoms with van der Waals surface area (Å²) in [7, 11) is -4.05. The van der Waals surface area contributed by atoms with Crippen LogP contribution < -0.4 is 10.5 Å². The molecular weight excluding hydrogens is 349 g/mol. The number of hydrogen-bond acceptors (Lipinski definition) is 4. The number of primary sulfonamides is 1. The normalized spacial score (nSPS) is 11.2. The van der Waals surface area contributed by atoms with E-state index in [1.807, 2.05) is 0 Å². The minimum atomic E-state index is -4.05. The number of rotatable bonds is 4. The summed E-state index contributed by atoms with van der Waals surface area (Å²) in [5.74, 6) is -0.539. The van der Waals surface area contributed by atoms with E-state index in [1.54, 1.807) is 24.5 Å². The summed E-state index contributed by atoms with van der Waals surface area (Å²) in [6, 6.07) is 5.70. The second-order valence-electron chi connectivity index (χ2n) is 4.35. The summed E-state index contributed by atoms with van der Waals surface area (Å²) in [6.45, 7) is 0.241. The zero-order chi connectivity index (χ0) is 16.3. The van der Waals surface area contributed by atoms with Crippen molar-refractivity contribution >= 4 is 39.1 Å². The molecule has 0 aliphatic heterocycles. The van der Waals surface area contributed by atoms with Gasteiger partial charge in [-0.3, -0.25) is 9.78 Å². The molecule has 22 heavy (non-hydrogen) atoms. The van der Waals surface area contributed by atoms with Gasteiger partial charge in [0.15, 0.2) is 0 Å². The van der Waals surface area contributed by atoms with E-state index in [0.29, 0.717) is 0 Å². The molecule has 3 N–H and O–H groups in total. The number of amides is 1. The summed E-state index contributed by atoms with van der Waals surface area (Å²) >= 11 is 11.7. The Kier molecular flexibility index (Phi) is 5.02. The van der Waals surface area contributed by atoms with Crippen molar-refractivity contribution in [2.75, 3.05) is 0 Å². The summed E-state index contributed by atoms with van der Waals surface area (Å²) in [5, 5.41) is 7.56. The van der Waals surface area contributed by atoms with Crippen LogP contribution in [0.3, 0.4) is 0 Å². The third-order valence-electron chi connectivity index (χ3n) is 2.78. The van der Waals surface area contributed by atoms with E-state index in [0.717, 1.165) is 11.6 Å². The van der Waals surface area contributed by atoms with Crippen LogP contribution in [0.5, 0.6) is 0 Å². The van der Waals surface area contributed by atoms with Crippen LogP contribution in [0.1, 0.15) is 15.9 Å². The Hall–Kier alpha value is -1.67. The van der Waals surface area contributed by atoms with Gasteiger partial charge in [0, 0.05) is 18.9 Å². The molecule has 0 aliphatic carbocycles. The zero-order valence-corrected chi connectivity index (χ0v) is 13.4. The zero-order valence-electron chi connectivity index (χ0n) is 11.1. The number of carbonyl (C=O) groups is 1. The molecule has 0 spiro atoms. The minimum Gasteiger partial charge on any atom is -0.348 e. The summed E-state index contributed by atoms with van der Waals surface area (Å²) in [6.07, 6.45) is 3.19. The first-order valence-electron chi connectivity index (χ1n) is 5.98. The SMILES string of the molecule is NS(=O)(=O)c1cc(C(=O)NCc2ccncc2)c(Cl)cc1Cl. The number of aromatic nitrogens is 1. The first-order valence-corrected chi connectivity index (χ1v) is 8.28. The number of carbonyl (C=O) groups excluding carboxylic acids is 1. The molecule has 1 heterocycles. The fourth-order valence-corrected chi connectivity index (χ4v) is 3.10. The van der Waals surface area contributed by atoms with Crippen molar-refractivity contribution in [1.82, 2.24) is 10.3 Å². The topological polar surface area (TPSA) is 102 Å². The van der Waals surface area contributed by atoms with E-state index in [1.165, 1.54) is 6.07 Å². The van der Waals surface area contributed by atoms with Crippen LogP contribution in [0.4, 0.5) is 0 Å². The molecule has 2 rings (SSSR count). The highest BCUT2D eigenvalue weighted by Crippen LogP contribution is 2.28. The van der Waals surface area contributed by atoms with E-state index >= 15 is 0 Å². The first-order chi connectivity index (χ1) is 10.3. The Bertz CT molecular complexity index is 811. The van der Waals surface area contributed by atoms with Gasteiger partial charge in [0.2, 0.25) is 10.0 Å². The van der Waals surface area contributed by atoms with E-state index in [9.17, 15) is 13.2 Å². The quantitative estimate of drug-likeness (QED) is 0.870. The van der Waals surface area contributed by atoms with Crippen molar-refractivity contribution in [2.45, 2.75) is 11.4 Å². The van der Waals surface area contributed by atoms with Crippen LogP contribution in [0, 0.1) is 0 Å². The monoisotopic (exact) mass is 359 g/mol. The summed E-state index contributed by atoms with van der Waals surface area (Å²) in [5.41, 5.74) is 0.809. The average Bonchev–Trinajstić information content (AvgIpc) is 2.44. The van der Waals surface area contributed by atoms with Gasteiger partial charge in [-0.15, -0.1) is 0 Å². The van der Waals surface area contributed by atoms with Gasteiger partial charge in [-0.05, 0) is 29.8 Å². The second-order valence-corrected chi connectivity index (χ2v) is 6.69. The molecule has 0 unspecified atom stereocenters. The van der Waals surface area contributed by atoms with Gasteiger partial charge in [0.25, 0.3) is 5.91 Å². The van der Waals surface area contributed by atoms with Crippen LogP contribution >= 0.6 is 23.2 Å². The van der Waals surface area contributed by atoms with Crippen LogP contribution in [-0.2, 0) is 16.6 Å². The molecule has 0 saturated carbocycles. The van der Waals surface area contributed by atoms with Crippen molar-refractivity contribution in [3.05, 3.63) is 57.8 Å². The first kappa shape index (κ1) is 16.7. The Morgan fingerprint density at radius 3 is 2.41 bits per heavy atom. The molecule has 0 aliphatic rings. The fourth-order valence-electron chi connectivity index (χ4n) is 1.70. The molecule has 1 aromatic heterocycles. The van der Waals surface area contributed by atoms with Crippen molar-refractivity contribution in [2.24, 2.45) is 5.14 Å². The smallest absolute Gasteiger partial charge is 0.253 e. The lowest BCUT2D eigenvalue weighted by Crippen LogP contribution is -2.24. The maximum Gasteiger partial charge on any atom is 0.253 e. The van der Waals surface area contributed by atoms with Crippen LogP contribution in [0.15, 0.2) is 41.6 Å². The average molecular weight is 360 g/mol. The maximum atomic E-state index is 12.1. The molecule has 6 nitrogen and oxygen atoms in total. The fraction of sp³-hybridized carbons (Fsp3) is 0.0769. The maximum absolute atomic E-state index is 12.1. The highest BCUT2D eigenvalue weighted by molar-refractivity contribution is 7.89. The Balaban J connectivity index is 2.26. The van der Waals surface area contributed by atoms with E-state index in [2.05, 4.69) is 10.3 Å². The molecule has 1 amide bonds. The molecule has 2 aromatic rings. The highest BCUT2D eigenvalue weighted by Gasteiger charge is 2.19. The standard InChI is InChI=1S/C13H11Cl2N3O3S/c14-10-6-11(15)12(22(16,20)21)5-9(10)13(19)18-7-8-1-3-17-4-2-8/h1-6H,7H2,(H,18,19)(H2,16,20,21). The van der Waals surface area contributed by atoms with Crippen LogP contribution in [0.25, 0.3) is 0 Å².